The van der Waals surface area contributed by atoms with Crippen LogP contribution in [0, 0.1) is 0 Å². The molecular weight excluding hydrogens is 344 g/mol. The van der Waals surface area contributed by atoms with Crippen LogP contribution in [0.4, 0.5) is 0 Å². The fourth-order valence-corrected chi connectivity index (χ4v) is 3.52. The lowest BCUT2D eigenvalue weighted by Gasteiger charge is -2.32. The van der Waals surface area contributed by atoms with Crippen LogP contribution in [0.25, 0.3) is 10.7 Å². The fraction of sp³-hybridized carbons (Fsp3) is 0.267. The van der Waals surface area contributed by atoms with E-state index in [0.29, 0.717) is 18.2 Å². The van der Waals surface area contributed by atoms with Crippen molar-refractivity contribution in [2.75, 3.05) is 0 Å². The maximum Gasteiger partial charge on any atom is 0.343 e. The van der Waals surface area contributed by atoms with Crippen molar-refractivity contribution in [3.8, 4) is 10.7 Å². The first kappa shape index (κ1) is 15.7. The van der Waals surface area contributed by atoms with Gasteiger partial charge in [0.15, 0.2) is 5.82 Å². The zero-order chi connectivity index (χ0) is 17.4. The van der Waals surface area contributed by atoms with E-state index in [1.54, 1.807) is 28.6 Å². The molecule has 1 aliphatic rings. The topological polar surface area (TPSA) is 117 Å². The number of aliphatic carboxylic acids is 1. The van der Waals surface area contributed by atoms with Gasteiger partial charge in [0.1, 0.15) is 11.9 Å². The minimum Gasteiger partial charge on any atom is -0.480 e. The molecule has 4 heterocycles. The summed E-state index contributed by atoms with van der Waals surface area (Å²) in [7, 11) is 0. The average Bonchev–Trinajstić information content (AvgIpc) is 3.25. The van der Waals surface area contributed by atoms with Gasteiger partial charge in [0.05, 0.1) is 18.0 Å². The zero-order valence-electron chi connectivity index (χ0n) is 13.0. The van der Waals surface area contributed by atoms with Crippen molar-refractivity contribution in [2.45, 2.75) is 25.7 Å². The number of hydrogen-bond acceptors (Lipinski definition) is 7. The predicted octanol–water partition coefficient (Wildman–Crippen LogP) is 0.559. The summed E-state index contributed by atoms with van der Waals surface area (Å²) in [6, 6.07) is 3.08. The van der Waals surface area contributed by atoms with Gasteiger partial charge in [-0.05, 0) is 11.4 Å². The number of nitrogens with one attached hydrogen (secondary N) is 1. The fourth-order valence-electron chi connectivity index (χ4n) is 2.84. The predicted molar refractivity (Wildman–Crippen MR) is 88.9 cm³/mol. The lowest BCUT2D eigenvalue weighted by atomic mass is 10.1. The Hall–Kier alpha value is -2.85. The first-order chi connectivity index (χ1) is 12.1. The number of H-pyrrole nitrogens is 1. The summed E-state index contributed by atoms with van der Waals surface area (Å²) in [5, 5.41) is 17.8. The van der Waals surface area contributed by atoms with Crippen LogP contribution in [-0.2, 0) is 24.4 Å². The van der Waals surface area contributed by atoms with Crippen molar-refractivity contribution in [3.05, 3.63) is 51.8 Å². The van der Waals surface area contributed by atoms with Crippen LogP contribution in [0.5, 0.6) is 0 Å². The van der Waals surface area contributed by atoms with Gasteiger partial charge in [-0.25, -0.2) is 19.9 Å². The molecule has 9 nitrogen and oxygen atoms in total. The van der Waals surface area contributed by atoms with Gasteiger partial charge in [0.25, 0.3) is 0 Å². The smallest absolute Gasteiger partial charge is 0.343 e. The molecule has 2 N–H and O–H groups in total. The third-order valence-electron chi connectivity index (χ3n) is 4.10. The van der Waals surface area contributed by atoms with Crippen LogP contribution in [-0.4, -0.2) is 46.8 Å². The number of thiophene rings is 1. The Kier molecular flexibility index (Phi) is 3.90. The third-order valence-corrected chi connectivity index (χ3v) is 4.96. The van der Waals surface area contributed by atoms with Gasteiger partial charge >= 0.3 is 11.7 Å². The Morgan fingerprint density at radius 1 is 1.40 bits per heavy atom. The summed E-state index contributed by atoms with van der Waals surface area (Å²) in [6.45, 7) is 0.694. The van der Waals surface area contributed by atoms with Gasteiger partial charge in [0.2, 0.25) is 0 Å². The molecule has 0 spiro atoms. The van der Waals surface area contributed by atoms with Gasteiger partial charge in [-0.15, -0.1) is 11.3 Å². The van der Waals surface area contributed by atoms with E-state index in [1.165, 1.54) is 4.57 Å². The average molecular weight is 358 g/mol. The lowest BCUT2D eigenvalue weighted by Crippen LogP contribution is -2.49. The van der Waals surface area contributed by atoms with E-state index in [4.69, 9.17) is 0 Å². The van der Waals surface area contributed by atoms with Crippen molar-refractivity contribution in [3.63, 3.8) is 0 Å². The second kappa shape index (κ2) is 6.22. The van der Waals surface area contributed by atoms with Crippen LogP contribution in [0.2, 0.25) is 0 Å². The molecule has 0 aliphatic carbocycles. The van der Waals surface area contributed by atoms with Crippen LogP contribution in [0.3, 0.4) is 0 Å². The molecule has 0 saturated carbocycles. The molecule has 1 atom stereocenters. The Morgan fingerprint density at radius 3 is 2.88 bits per heavy atom. The molecule has 0 aromatic carbocycles. The lowest BCUT2D eigenvalue weighted by molar-refractivity contribution is -0.145. The Balaban J connectivity index is 1.56. The van der Waals surface area contributed by atoms with Crippen LogP contribution >= 0.6 is 11.3 Å². The van der Waals surface area contributed by atoms with Gasteiger partial charge in [-0.3, -0.25) is 14.3 Å². The molecule has 0 amide bonds. The van der Waals surface area contributed by atoms with Crippen molar-refractivity contribution < 1.29 is 9.90 Å². The van der Waals surface area contributed by atoms with E-state index in [-0.39, 0.29) is 18.8 Å². The minimum atomic E-state index is -0.977. The standard InChI is InChI=1S/C15H14N6O3S/c22-14(23)10-7-21-12(18-19-15(21)24)8-20(10)6-9-4-16-13(17-5-9)11-2-1-3-25-11/h1-5,10H,6-8H2,(H,19,24)(H,22,23). The number of carboxylic acid groups (broad SMARTS) is 1. The molecule has 0 saturated heterocycles. The number of nitrogens with zero attached hydrogens (tertiary/aromatic N) is 5. The molecule has 10 heteroatoms. The number of carboxylic acids is 1. The van der Waals surface area contributed by atoms with E-state index < -0.39 is 12.0 Å². The molecule has 4 rings (SSSR count). The first-order valence-electron chi connectivity index (χ1n) is 7.57. The third kappa shape index (κ3) is 2.96. The summed E-state index contributed by atoms with van der Waals surface area (Å²) in [5.41, 5.74) is 0.419. The highest BCUT2D eigenvalue weighted by Gasteiger charge is 2.33. The molecule has 3 aromatic rings. The summed E-state index contributed by atoms with van der Waals surface area (Å²) < 4.78 is 1.37. The molecule has 25 heavy (non-hydrogen) atoms. The van der Waals surface area contributed by atoms with Crippen molar-refractivity contribution in [1.29, 1.82) is 0 Å². The van der Waals surface area contributed by atoms with Crippen molar-refractivity contribution in [1.82, 2.24) is 29.6 Å². The molecular formula is C15H14N6O3S. The van der Waals surface area contributed by atoms with Crippen LogP contribution in [0.15, 0.2) is 34.7 Å². The quantitative estimate of drug-likeness (QED) is 0.700. The van der Waals surface area contributed by atoms with Crippen molar-refractivity contribution >= 4 is 17.3 Å². The van der Waals surface area contributed by atoms with E-state index in [0.717, 1.165) is 10.4 Å². The Labute approximate surface area is 145 Å². The number of rotatable bonds is 4. The van der Waals surface area contributed by atoms with E-state index in [1.807, 2.05) is 17.5 Å². The molecule has 1 unspecified atom stereocenters. The monoisotopic (exact) mass is 358 g/mol. The number of aromatic nitrogens is 5. The van der Waals surface area contributed by atoms with Gasteiger partial charge in [-0.2, -0.15) is 5.10 Å². The van der Waals surface area contributed by atoms with Gasteiger partial charge in [0, 0.05) is 24.5 Å². The van der Waals surface area contributed by atoms with Crippen LogP contribution in [0.1, 0.15) is 11.4 Å². The summed E-state index contributed by atoms with van der Waals surface area (Å²) in [5.74, 6) is 0.196. The molecule has 0 fully saturated rings. The van der Waals surface area contributed by atoms with E-state index >= 15 is 0 Å². The number of hydrogen-bond donors (Lipinski definition) is 2. The molecule has 128 valence electrons. The highest BCUT2D eigenvalue weighted by molar-refractivity contribution is 7.13. The highest BCUT2D eigenvalue weighted by atomic mass is 32.1. The first-order valence-corrected chi connectivity index (χ1v) is 8.45. The summed E-state index contributed by atoms with van der Waals surface area (Å²) in [6.07, 6.45) is 3.40. The number of aromatic amines is 1. The number of carbonyl (C=O) groups is 1. The molecule has 1 aliphatic heterocycles. The highest BCUT2D eigenvalue weighted by Crippen LogP contribution is 2.21. The molecule has 0 bridgehead atoms. The summed E-state index contributed by atoms with van der Waals surface area (Å²) in [4.78, 5) is 34.7. The van der Waals surface area contributed by atoms with Gasteiger partial charge in [-0.1, -0.05) is 6.07 Å². The largest absolute Gasteiger partial charge is 0.480 e. The zero-order valence-corrected chi connectivity index (χ0v) is 13.8. The summed E-state index contributed by atoms with van der Waals surface area (Å²) >= 11 is 1.56. The second-order valence-corrected chi connectivity index (χ2v) is 6.65. The van der Waals surface area contributed by atoms with E-state index in [9.17, 15) is 14.7 Å². The SMILES string of the molecule is O=C(O)C1Cn2c(n[nH]c2=O)CN1Cc1cnc(-c2cccs2)nc1. The van der Waals surface area contributed by atoms with Crippen molar-refractivity contribution in [2.24, 2.45) is 0 Å². The maximum absolute atomic E-state index is 11.7. The number of fused-ring (bicyclic) bond motifs is 1. The molecule has 3 aromatic heterocycles. The normalized spacial score (nSPS) is 17.4. The Bertz CT molecular complexity index is 947. The van der Waals surface area contributed by atoms with Gasteiger partial charge < -0.3 is 5.11 Å². The van der Waals surface area contributed by atoms with E-state index in [2.05, 4.69) is 20.2 Å². The molecule has 0 radical (unpaired) electrons. The van der Waals surface area contributed by atoms with Crippen LogP contribution < -0.4 is 5.69 Å². The maximum atomic E-state index is 11.7. The second-order valence-electron chi connectivity index (χ2n) is 5.71. The Morgan fingerprint density at radius 2 is 2.20 bits per heavy atom. The minimum absolute atomic E-state index is 0.0636.